The number of hydrogen-bond acceptors (Lipinski definition) is 5. The first-order valence-corrected chi connectivity index (χ1v) is 14.4. The average molecular weight is 546 g/mol. The Balaban J connectivity index is 1.22. The van der Waals surface area contributed by atoms with Gasteiger partial charge in [-0.2, -0.15) is 0 Å². The number of nitrogens with zero attached hydrogens (tertiary/aromatic N) is 3. The maximum absolute atomic E-state index is 6.57. The van der Waals surface area contributed by atoms with Crippen molar-refractivity contribution in [2.24, 2.45) is 0 Å². The second kappa shape index (κ2) is 10.3. The number of rotatable bonds is 0. The van der Waals surface area contributed by atoms with Crippen LogP contribution in [-0.2, 0) is 25.7 Å². The third-order valence-corrected chi connectivity index (χ3v) is 8.06. The van der Waals surface area contributed by atoms with Crippen LogP contribution >= 0.6 is 0 Å². The first kappa shape index (κ1) is 24.5. The van der Waals surface area contributed by atoms with E-state index in [-0.39, 0.29) is 0 Å². The van der Waals surface area contributed by atoms with Gasteiger partial charge in [-0.1, -0.05) is 78.9 Å². The lowest BCUT2D eigenvalue weighted by Crippen LogP contribution is -1.96. The van der Waals surface area contributed by atoms with Gasteiger partial charge in [0.2, 0.25) is 11.8 Å². The lowest BCUT2D eigenvalue weighted by molar-refractivity contribution is 0.446. The Morgan fingerprint density at radius 2 is 1.10 bits per heavy atom. The van der Waals surface area contributed by atoms with Crippen LogP contribution in [0.1, 0.15) is 22.4 Å². The molecule has 4 aliphatic rings. The zero-order valence-electron chi connectivity index (χ0n) is 23.0. The molecule has 8 heterocycles. The van der Waals surface area contributed by atoms with E-state index in [1.165, 1.54) is 16.7 Å². The van der Waals surface area contributed by atoms with Gasteiger partial charge in [0.25, 0.3) is 0 Å². The molecule has 5 heteroatoms. The van der Waals surface area contributed by atoms with Crippen LogP contribution in [-0.4, -0.2) is 15.0 Å². The van der Waals surface area contributed by atoms with Gasteiger partial charge in [-0.25, -0.2) is 9.97 Å². The van der Waals surface area contributed by atoms with Gasteiger partial charge in [0.05, 0.1) is 17.1 Å². The quantitative estimate of drug-likeness (QED) is 0.191. The van der Waals surface area contributed by atoms with Crippen LogP contribution in [0.5, 0.6) is 11.8 Å². The first-order chi connectivity index (χ1) is 20.8. The average Bonchev–Trinajstić information content (AvgIpc) is 3.43. The number of pyridine rings is 3. The minimum atomic E-state index is 0.512. The molecule has 0 radical (unpaired) electrons. The molecule has 0 saturated carbocycles. The second-order valence-corrected chi connectivity index (χ2v) is 10.7. The topological polar surface area (TPSA) is 61.0 Å². The van der Waals surface area contributed by atoms with Gasteiger partial charge in [0, 0.05) is 40.2 Å². The van der Waals surface area contributed by atoms with Crippen molar-refractivity contribution in [2.75, 3.05) is 0 Å². The number of hydrogen-bond donors (Lipinski definition) is 0. The summed E-state index contributed by atoms with van der Waals surface area (Å²) < 4.78 is 12.7. The molecular formula is C37H27N3O2. The molecule has 0 unspecified atom stereocenters. The Hall–Kier alpha value is -5.29. The van der Waals surface area contributed by atoms with Crippen LogP contribution < -0.4 is 4.74 Å². The van der Waals surface area contributed by atoms with E-state index in [9.17, 15) is 0 Å². The highest BCUT2D eigenvalue weighted by Crippen LogP contribution is 2.33. The Kier molecular flexibility index (Phi) is 5.99. The smallest absolute Gasteiger partial charge is 0.221 e. The molecule has 10 bridgehead atoms. The highest BCUT2D eigenvalue weighted by atomic mass is 16.5. The minimum Gasteiger partial charge on any atom is -0.454 e. The molecule has 0 saturated heterocycles. The van der Waals surface area contributed by atoms with Crippen LogP contribution in [0.15, 0.2) is 120 Å². The van der Waals surface area contributed by atoms with E-state index in [0.717, 1.165) is 75.8 Å². The Bertz CT molecular complexity index is 1910. The fourth-order valence-corrected chi connectivity index (χ4v) is 5.81. The summed E-state index contributed by atoms with van der Waals surface area (Å²) in [4.78, 5) is 14.3. The molecule has 0 amide bonds. The van der Waals surface area contributed by atoms with Gasteiger partial charge >= 0.3 is 0 Å². The molecule has 4 aromatic heterocycles. The van der Waals surface area contributed by atoms with Gasteiger partial charge in [-0.3, -0.25) is 4.98 Å². The summed E-state index contributed by atoms with van der Waals surface area (Å²) in [6, 6.07) is 37.4. The Labute approximate surface area is 243 Å². The normalized spacial score (nSPS) is 13.0. The van der Waals surface area contributed by atoms with Gasteiger partial charge in [0.15, 0.2) is 5.58 Å². The lowest BCUT2D eigenvalue weighted by atomic mass is 10.0. The predicted molar refractivity (Wildman–Crippen MR) is 166 cm³/mol. The first-order valence-electron chi connectivity index (χ1n) is 14.4. The van der Waals surface area contributed by atoms with Crippen molar-refractivity contribution in [1.82, 2.24) is 15.0 Å². The van der Waals surface area contributed by atoms with E-state index in [0.29, 0.717) is 11.8 Å². The number of ether oxygens (including phenoxy) is 1. The predicted octanol–water partition coefficient (Wildman–Crippen LogP) is 8.78. The van der Waals surface area contributed by atoms with E-state index in [1.807, 2.05) is 42.6 Å². The van der Waals surface area contributed by atoms with Gasteiger partial charge in [-0.05, 0) is 60.6 Å². The van der Waals surface area contributed by atoms with Crippen LogP contribution in [0.4, 0.5) is 0 Å². The molecule has 7 aromatic rings. The maximum Gasteiger partial charge on any atom is 0.221 e. The molecule has 4 aliphatic heterocycles. The standard InChI is InChI=1S/C37H27N3O2/c1-4-28-20-14-24-10-16-26(17-11-24)31-6-2-8-34(39-31)41-35-9-3-7-32(40-35)27-18-12-25(13-19-27)15-21-33-37-30(22-23-38-33)29(5-1)36(28)42-37/h1-13,16-19,22-23H,14-15,20-21H2. The summed E-state index contributed by atoms with van der Waals surface area (Å²) >= 11 is 0. The molecule has 0 spiro atoms. The number of benzene rings is 3. The molecule has 3 aromatic carbocycles. The third-order valence-electron chi connectivity index (χ3n) is 8.06. The van der Waals surface area contributed by atoms with E-state index in [4.69, 9.17) is 24.1 Å². The second-order valence-electron chi connectivity index (χ2n) is 10.7. The molecule has 202 valence electrons. The van der Waals surface area contributed by atoms with Crippen molar-refractivity contribution in [3.05, 3.63) is 138 Å². The van der Waals surface area contributed by atoms with Crippen molar-refractivity contribution in [1.29, 1.82) is 0 Å². The van der Waals surface area contributed by atoms with Crippen molar-refractivity contribution in [2.45, 2.75) is 25.7 Å². The van der Waals surface area contributed by atoms with Crippen LogP contribution in [0.3, 0.4) is 0 Å². The fourth-order valence-electron chi connectivity index (χ4n) is 5.81. The number of para-hydroxylation sites is 1. The highest BCUT2D eigenvalue weighted by Gasteiger charge is 2.15. The summed E-state index contributed by atoms with van der Waals surface area (Å²) in [5.41, 5.74) is 10.4. The molecule has 5 nitrogen and oxygen atoms in total. The monoisotopic (exact) mass is 545 g/mol. The van der Waals surface area contributed by atoms with Crippen LogP contribution in [0.2, 0.25) is 0 Å². The number of furan rings is 1. The van der Waals surface area contributed by atoms with E-state index >= 15 is 0 Å². The molecule has 42 heavy (non-hydrogen) atoms. The largest absolute Gasteiger partial charge is 0.454 e. The van der Waals surface area contributed by atoms with Crippen molar-refractivity contribution < 1.29 is 9.15 Å². The zero-order chi connectivity index (χ0) is 27.9. The third kappa shape index (κ3) is 4.59. The van der Waals surface area contributed by atoms with Crippen molar-refractivity contribution >= 4 is 21.9 Å². The van der Waals surface area contributed by atoms with E-state index in [2.05, 4.69) is 72.8 Å². The molecule has 0 N–H and O–H groups in total. The number of fused-ring (bicyclic) bond motifs is 1. The molecule has 0 atom stereocenters. The van der Waals surface area contributed by atoms with Crippen LogP contribution in [0.25, 0.3) is 44.5 Å². The fraction of sp³-hybridized carbons (Fsp3) is 0.108. The number of aryl methyl sites for hydroxylation is 4. The summed E-state index contributed by atoms with van der Waals surface area (Å²) in [5, 5.41) is 2.28. The van der Waals surface area contributed by atoms with Gasteiger partial charge in [0.1, 0.15) is 5.58 Å². The van der Waals surface area contributed by atoms with Crippen molar-refractivity contribution in [3.8, 4) is 34.3 Å². The summed E-state index contributed by atoms with van der Waals surface area (Å²) in [5.74, 6) is 1.03. The summed E-state index contributed by atoms with van der Waals surface area (Å²) in [7, 11) is 0. The van der Waals surface area contributed by atoms with Gasteiger partial charge < -0.3 is 9.15 Å². The Morgan fingerprint density at radius 3 is 1.76 bits per heavy atom. The SMILES string of the molecule is c1cc2nc(c1)-c1ccc(cc1)CCc1cccc3c1oc1c(nccc13)CCc1ccc(cc1)-c1cccc(n1)O2. The molecule has 0 aliphatic carbocycles. The van der Waals surface area contributed by atoms with E-state index < -0.39 is 0 Å². The van der Waals surface area contributed by atoms with Gasteiger partial charge in [-0.15, -0.1) is 0 Å². The summed E-state index contributed by atoms with van der Waals surface area (Å²) in [6.07, 6.45) is 5.37. The summed E-state index contributed by atoms with van der Waals surface area (Å²) in [6.45, 7) is 0. The van der Waals surface area contributed by atoms with E-state index in [1.54, 1.807) is 0 Å². The van der Waals surface area contributed by atoms with Crippen molar-refractivity contribution in [3.63, 3.8) is 0 Å². The number of aromatic nitrogens is 3. The molecule has 0 fully saturated rings. The molecule has 11 rings (SSSR count). The minimum absolute atomic E-state index is 0.512. The highest BCUT2D eigenvalue weighted by molar-refractivity contribution is 6.06. The Morgan fingerprint density at radius 1 is 0.500 bits per heavy atom. The van der Waals surface area contributed by atoms with Crippen LogP contribution in [0, 0.1) is 0 Å². The lowest BCUT2D eigenvalue weighted by Gasteiger charge is -2.09. The molecular weight excluding hydrogens is 518 g/mol. The maximum atomic E-state index is 6.57. The zero-order valence-corrected chi connectivity index (χ0v) is 23.0.